The molecule has 1 rings (SSSR count). The highest BCUT2D eigenvalue weighted by Gasteiger charge is 2.23. The monoisotopic (exact) mass is 214 g/mol. The third kappa shape index (κ3) is 4.98. The summed E-state index contributed by atoms with van der Waals surface area (Å²) in [5.41, 5.74) is 0. The summed E-state index contributed by atoms with van der Waals surface area (Å²) in [5, 5.41) is 9.89. The summed E-state index contributed by atoms with van der Waals surface area (Å²) in [5.74, 6) is 1.26. The molecule has 0 radical (unpaired) electrons. The number of rotatable bonds is 7. The van der Waals surface area contributed by atoms with Gasteiger partial charge in [0.25, 0.3) is 0 Å². The molecule has 3 atom stereocenters. The molecular formula is C13H26O2. The Morgan fingerprint density at radius 3 is 2.67 bits per heavy atom. The van der Waals surface area contributed by atoms with Gasteiger partial charge < -0.3 is 9.84 Å². The van der Waals surface area contributed by atoms with E-state index in [2.05, 4.69) is 13.8 Å². The SMILES string of the molecule is CCC(C)CCCCC(O)C1CCOC1. The molecule has 3 unspecified atom stereocenters. The molecule has 0 aromatic rings. The van der Waals surface area contributed by atoms with Crippen molar-refractivity contribution < 1.29 is 9.84 Å². The van der Waals surface area contributed by atoms with Crippen LogP contribution in [0.25, 0.3) is 0 Å². The summed E-state index contributed by atoms with van der Waals surface area (Å²) >= 11 is 0. The van der Waals surface area contributed by atoms with Gasteiger partial charge in [0.2, 0.25) is 0 Å². The van der Waals surface area contributed by atoms with Crippen LogP contribution in [-0.4, -0.2) is 24.4 Å². The number of aliphatic hydroxyl groups is 1. The molecule has 1 saturated heterocycles. The van der Waals surface area contributed by atoms with Crippen molar-refractivity contribution in [2.24, 2.45) is 11.8 Å². The first-order valence-corrected chi connectivity index (χ1v) is 6.49. The van der Waals surface area contributed by atoms with Crippen LogP contribution < -0.4 is 0 Å². The van der Waals surface area contributed by atoms with Gasteiger partial charge in [-0.3, -0.25) is 0 Å². The summed E-state index contributed by atoms with van der Waals surface area (Å²) in [4.78, 5) is 0. The Labute approximate surface area is 94.0 Å². The lowest BCUT2D eigenvalue weighted by Gasteiger charge is -2.16. The van der Waals surface area contributed by atoms with Crippen molar-refractivity contribution in [3.63, 3.8) is 0 Å². The second-order valence-corrected chi connectivity index (χ2v) is 4.99. The van der Waals surface area contributed by atoms with Crippen LogP contribution in [0.3, 0.4) is 0 Å². The van der Waals surface area contributed by atoms with Crippen LogP contribution in [-0.2, 0) is 4.74 Å². The predicted molar refractivity (Wildman–Crippen MR) is 62.9 cm³/mol. The van der Waals surface area contributed by atoms with E-state index in [0.717, 1.165) is 32.0 Å². The molecule has 0 saturated carbocycles. The first-order chi connectivity index (χ1) is 7.24. The van der Waals surface area contributed by atoms with Gasteiger partial charge in [-0.1, -0.05) is 39.5 Å². The van der Waals surface area contributed by atoms with Crippen LogP contribution >= 0.6 is 0 Å². The van der Waals surface area contributed by atoms with Crippen LogP contribution in [0.15, 0.2) is 0 Å². The predicted octanol–water partition coefficient (Wildman–Crippen LogP) is 2.99. The van der Waals surface area contributed by atoms with Gasteiger partial charge in [0.05, 0.1) is 12.7 Å². The molecule has 0 aromatic carbocycles. The standard InChI is InChI=1S/C13H26O2/c1-3-11(2)6-4-5-7-13(14)12-8-9-15-10-12/h11-14H,3-10H2,1-2H3. The fourth-order valence-electron chi connectivity index (χ4n) is 2.14. The van der Waals surface area contributed by atoms with Gasteiger partial charge in [-0.2, -0.15) is 0 Å². The van der Waals surface area contributed by atoms with Crippen molar-refractivity contribution in [3.8, 4) is 0 Å². The zero-order valence-electron chi connectivity index (χ0n) is 10.2. The van der Waals surface area contributed by atoms with Crippen molar-refractivity contribution >= 4 is 0 Å². The molecule has 1 heterocycles. The summed E-state index contributed by atoms with van der Waals surface area (Å²) in [7, 11) is 0. The van der Waals surface area contributed by atoms with E-state index in [0.29, 0.717) is 5.92 Å². The van der Waals surface area contributed by atoms with Crippen LogP contribution in [0.4, 0.5) is 0 Å². The normalized spacial score (nSPS) is 25.4. The van der Waals surface area contributed by atoms with Crippen molar-refractivity contribution in [1.29, 1.82) is 0 Å². The third-order valence-electron chi connectivity index (χ3n) is 3.65. The van der Waals surface area contributed by atoms with E-state index in [1.165, 1.54) is 25.7 Å². The lowest BCUT2D eigenvalue weighted by atomic mass is 9.95. The zero-order chi connectivity index (χ0) is 11.1. The average Bonchev–Trinajstić information content (AvgIpc) is 2.77. The minimum atomic E-state index is -0.121. The van der Waals surface area contributed by atoms with E-state index in [4.69, 9.17) is 4.74 Å². The van der Waals surface area contributed by atoms with E-state index in [-0.39, 0.29) is 6.10 Å². The first-order valence-electron chi connectivity index (χ1n) is 6.49. The number of hydrogen-bond acceptors (Lipinski definition) is 2. The van der Waals surface area contributed by atoms with E-state index in [1.807, 2.05) is 0 Å². The quantitative estimate of drug-likeness (QED) is 0.660. The Balaban J connectivity index is 1.99. The van der Waals surface area contributed by atoms with Gasteiger partial charge in [0.15, 0.2) is 0 Å². The van der Waals surface area contributed by atoms with Gasteiger partial charge in [-0.05, 0) is 18.8 Å². The zero-order valence-corrected chi connectivity index (χ0v) is 10.2. The van der Waals surface area contributed by atoms with Crippen molar-refractivity contribution in [3.05, 3.63) is 0 Å². The molecule has 2 heteroatoms. The van der Waals surface area contributed by atoms with E-state index < -0.39 is 0 Å². The van der Waals surface area contributed by atoms with E-state index >= 15 is 0 Å². The first kappa shape index (κ1) is 13.0. The Morgan fingerprint density at radius 1 is 1.33 bits per heavy atom. The van der Waals surface area contributed by atoms with Crippen molar-refractivity contribution in [2.45, 2.75) is 58.5 Å². The maximum absolute atomic E-state index is 9.89. The third-order valence-corrected chi connectivity index (χ3v) is 3.65. The van der Waals surface area contributed by atoms with Gasteiger partial charge in [0, 0.05) is 12.5 Å². The smallest absolute Gasteiger partial charge is 0.0591 e. The molecule has 0 amide bonds. The Kier molecular flexibility index (Phi) is 6.26. The van der Waals surface area contributed by atoms with Crippen molar-refractivity contribution in [1.82, 2.24) is 0 Å². The number of unbranched alkanes of at least 4 members (excludes halogenated alkanes) is 1. The Bertz CT molecular complexity index is 153. The number of aliphatic hydroxyl groups excluding tert-OH is 1. The largest absolute Gasteiger partial charge is 0.393 e. The molecular weight excluding hydrogens is 188 g/mol. The number of ether oxygens (including phenoxy) is 1. The second kappa shape index (κ2) is 7.24. The maximum atomic E-state index is 9.89. The molecule has 90 valence electrons. The highest BCUT2D eigenvalue weighted by molar-refractivity contribution is 4.72. The summed E-state index contributed by atoms with van der Waals surface area (Å²) in [6.45, 7) is 6.16. The van der Waals surface area contributed by atoms with Crippen LogP contribution in [0.5, 0.6) is 0 Å². The molecule has 1 fully saturated rings. The Hall–Kier alpha value is -0.0800. The molecule has 1 aliphatic heterocycles. The van der Waals surface area contributed by atoms with Gasteiger partial charge in [0.1, 0.15) is 0 Å². The van der Waals surface area contributed by atoms with Gasteiger partial charge in [-0.25, -0.2) is 0 Å². The molecule has 0 aromatic heterocycles. The highest BCUT2D eigenvalue weighted by atomic mass is 16.5. The average molecular weight is 214 g/mol. The van der Waals surface area contributed by atoms with Gasteiger partial charge >= 0.3 is 0 Å². The molecule has 0 bridgehead atoms. The molecule has 1 aliphatic rings. The van der Waals surface area contributed by atoms with E-state index in [1.54, 1.807) is 0 Å². The fourth-order valence-corrected chi connectivity index (χ4v) is 2.14. The molecule has 0 spiro atoms. The summed E-state index contributed by atoms with van der Waals surface area (Å²) in [6.07, 6.45) is 6.91. The van der Waals surface area contributed by atoms with Crippen LogP contribution in [0, 0.1) is 11.8 Å². The summed E-state index contributed by atoms with van der Waals surface area (Å²) in [6, 6.07) is 0. The molecule has 0 aliphatic carbocycles. The van der Waals surface area contributed by atoms with Crippen LogP contribution in [0.1, 0.15) is 52.4 Å². The fraction of sp³-hybridized carbons (Fsp3) is 1.00. The lowest BCUT2D eigenvalue weighted by molar-refractivity contribution is 0.0823. The summed E-state index contributed by atoms with van der Waals surface area (Å²) < 4.78 is 5.28. The number of hydrogen-bond donors (Lipinski definition) is 1. The van der Waals surface area contributed by atoms with Crippen LogP contribution in [0.2, 0.25) is 0 Å². The van der Waals surface area contributed by atoms with E-state index in [9.17, 15) is 5.11 Å². The maximum Gasteiger partial charge on any atom is 0.0591 e. The Morgan fingerprint density at radius 2 is 2.07 bits per heavy atom. The molecule has 1 N–H and O–H groups in total. The molecule has 15 heavy (non-hydrogen) atoms. The lowest BCUT2D eigenvalue weighted by Crippen LogP contribution is -2.20. The minimum Gasteiger partial charge on any atom is -0.393 e. The second-order valence-electron chi connectivity index (χ2n) is 4.99. The highest BCUT2D eigenvalue weighted by Crippen LogP contribution is 2.21. The molecule has 2 nitrogen and oxygen atoms in total. The topological polar surface area (TPSA) is 29.5 Å². The van der Waals surface area contributed by atoms with Gasteiger partial charge in [-0.15, -0.1) is 0 Å². The minimum absolute atomic E-state index is 0.121. The van der Waals surface area contributed by atoms with Crippen molar-refractivity contribution in [2.75, 3.05) is 13.2 Å².